The lowest BCUT2D eigenvalue weighted by Gasteiger charge is -2.27. The molecule has 0 saturated carbocycles. The molecule has 3 aromatic rings. The van der Waals surface area contributed by atoms with E-state index in [9.17, 15) is 4.79 Å². The second-order valence-corrected chi connectivity index (χ2v) is 7.05. The molecule has 1 aliphatic heterocycles. The van der Waals surface area contributed by atoms with Crippen molar-refractivity contribution in [2.75, 3.05) is 13.1 Å². The number of piperidine rings is 1. The third kappa shape index (κ3) is 3.99. The van der Waals surface area contributed by atoms with Gasteiger partial charge in [0.05, 0.1) is 16.8 Å². The van der Waals surface area contributed by atoms with Gasteiger partial charge in [0.2, 0.25) is 0 Å². The van der Waals surface area contributed by atoms with Gasteiger partial charge in [-0.05, 0) is 31.9 Å². The second-order valence-electron chi connectivity index (χ2n) is 7.05. The Balaban J connectivity index is 1.65. The molecule has 0 spiro atoms. The van der Waals surface area contributed by atoms with Crippen LogP contribution in [-0.4, -0.2) is 29.0 Å². The Hall–Kier alpha value is -2.76. The maximum absolute atomic E-state index is 12.9. The first-order chi connectivity index (χ1) is 13.2. The third-order valence-corrected chi connectivity index (χ3v) is 4.99. The number of hydrazine groups is 2. The predicted octanol–water partition coefficient (Wildman–Crippen LogP) is 3.85. The lowest BCUT2D eigenvalue weighted by atomic mass is 10.0. The quantitative estimate of drug-likeness (QED) is 0.694. The van der Waals surface area contributed by atoms with Crippen LogP contribution in [0.2, 0.25) is 0 Å². The molecule has 0 bridgehead atoms. The van der Waals surface area contributed by atoms with Crippen LogP contribution in [0, 0.1) is 6.92 Å². The van der Waals surface area contributed by atoms with Crippen LogP contribution in [0.1, 0.15) is 35.2 Å². The standard InChI is InChI=1S/C22H24N4O/c1-16-9-11-17(12-10-16)21-15-19(18-7-3-4-8-20(18)23-21)22(27)24-25-26-13-5-2-6-14-26/h3-4,7-12,15,25H,2,5-6,13-14H2,1H3,(H,24,27). The van der Waals surface area contributed by atoms with Gasteiger partial charge >= 0.3 is 0 Å². The number of fused-ring (bicyclic) bond motifs is 1. The van der Waals surface area contributed by atoms with Gasteiger partial charge in [-0.3, -0.25) is 10.2 Å². The Morgan fingerprint density at radius 1 is 1.00 bits per heavy atom. The number of rotatable bonds is 4. The number of aryl methyl sites for hydroxylation is 1. The molecule has 0 aliphatic carbocycles. The van der Waals surface area contributed by atoms with E-state index in [2.05, 4.69) is 35.0 Å². The molecule has 1 fully saturated rings. The highest BCUT2D eigenvalue weighted by molar-refractivity contribution is 6.07. The van der Waals surface area contributed by atoms with E-state index in [0.29, 0.717) is 5.56 Å². The van der Waals surface area contributed by atoms with E-state index in [1.807, 2.05) is 42.5 Å². The number of benzene rings is 2. The van der Waals surface area contributed by atoms with Crippen molar-refractivity contribution < 1.29 is 4.79 Å². The lowest BCUT2D eigenvalue weighted by molar-refractivity contribution is 0.0778. The number of carbonyl (C=O) groups is 1. The molecule has 5 nitrogen and oxygen atoms in total. The van der Waals surface area contributed by atoms with Crippen molar-refractivity contribution in [3.05, 3.63) is 65.7 Å². The Morgan fingerprint density at radius 2 is 1.74 bits per heavy atom. The molecule has 1 aromatic heterocycles. The minimum absolute atomic E-state index is 0.146. The van der Waals surface area contributed by atoms with Crippen LogP contribution in [0.15, 0.2) is 54.6 Å². The van der Waals surface area contributed by atoms with Crippen LogP contribution in [-0.2, 0) is 0 Å². The number of hydrogen-bond acceptors (Lipinski definition) is 4. The van der Waals surface area contributed by atoms with Crippen LogP contribution in [0.3, 0.4) is 0 Å². The SMILES string of the molecule is Cc1ccc(-c2cc(C(=O)NNN3CCCCC3)c3ccccc3n2)cc1. The molecule has 5 heteroatoms. The van der Waals surface area contributed by atoms with E-state index < -0.39 is 0 Å². The molecule has 4 rings (SSSR count). The fourth-order valence-electron chi connectivity index (χ4n) is 3.44. The van der Waals surface area contributed by atoms with Gasteiger partial charge in [-0.2, -0.15) is 5.53 Å². The highest BCUT2D eigenvalue weighted by Crippen LogP contribution is 2.25. The monoisotopic (exact) mass is 360 g/mol. The largest absolute Gasteiger partial charge is 0.274 e. The molecule has 0 radical (unpaired) electrons. The van der Waals surface area contributed by atoms with Crippen molar-refractivity contribution in [1.82, 2.24) is 21.0 Å². The van der Waals surface area contributed by atoms with Gasteiger partial charge in [0, 0.05) is 24.0 Å². The van der Waals surface area contributed by atoms with Gasteiger partial charge < -0.3 is 0 Å². The fourth-order valence-corrected chi connectivity index (χ4v) is 3.44. The number of nitrogens with one attached hydrogen (secondary N) is 2. The molecule has 0 atom stereocenters. The van der Waals surface area contributed by atoms with Gasteiger partial charge in [-0.1, -0.05) is 54.4 Å². The molecular weight excluding hydrogens is 336 g/mol. The number of carbonyl (C=O) groups excluding carboxylic acids is 1. The Morgan fingerprint density at radius 3 is 2.52 bits per heavy atom. The molecule has 2 heterocycles. The van der Waals surface area contributed by atoms with Crippen molar-refractivity contribution in [3.8, 4) is 11.3 Å². The molecule has 0 unspecified atom stereocenters. The first-order valence-electron chi connectivity index (χ1n) is 9.48. The van der Waals surface area contributed by atoms with Crippen LogP contribution in [0.5, 0.6) is 0 Å². The molecule has 2 N–H and O–H groups in total. The normalized spacial score (nSPS) is 15.0. The van der Waals surface area contributed by atoms with Crippen molar-refractivity contribution in [1.29, 1.82) is 0 Å². The average Bonchev–Trinajstić information content (AvgIpc) is 2.72. The number of amides is 1. The topological polar surface area (TPSA) is 57.3 Å². The zero-order valence-electron chi connectivity index (χ0n) is 15.5. The maximum Gasteiger partial charge on any atom is 0.267 e. The summed E-state index contributed by atoms with van der Waals surface area (Å²) in [7, 11) is 0. The average molecular weight is 360 g/mol. The summed E-state index contributed by atoms with van der Waals surface area (Å²) in [5, 5.41) is 2.91. The Kier molecular flexibility index (Phi) is 5.14. The Bertz CT molecular complexity index is 946. The van der Waals surface area contributed by atoms with Gasteiger partial charge in [0.25, 0.3) is 5.91 Å². The minimum atomic E-state index is -0.146. The molecule has 1 aliphatic rings. The summed E-state index contributed by atoms with van der Waals surface area (Å²) in [6.07, 6.45) is 3.55. The zero-order valence-corrected chi connectivity index (χ0v) is 15.5. The van der Waals surface area contributed by atoms with Crippen molar-refractivity contribution in [2.45, 2.75) is 26.2 Å². The van der Waals surface area contributed by atoms with Crippen molar-refractivity contribution >= 4 is 16.8 Å². The maximum atomic E-state index is 12.9. The summed E-state index contributed by atoms with van der Waals surface area (Å²) in [6.45, 7) is 3.96. The summed E-state index contributed by atoms with van der Waals surface area (Å²) in [4.78, 5) is 17.7. The molecule has 138 valence electrons. The van der Waals surface area contributed by atoms with Crippen molar-refractivity contribution in [3.63, 3.8) is 0 Å². The van der Waals surface area contributed by atoms with E-state index in [0.717, 1.165) is 48.1 Å². The van der Waals surface area contributed by atoms with E-state index in [1.54, 1.807) is 0 Å². The highest BCUT2D eigenvalue weighted by Gasteiger charge is 2.15. The van der Waals surface area contributed by atoms with E-state index in [1.165, 1.54) is 12.0 Å². The number of para-hydroxylation sites is 1. The van der Waals surface area contributed by atoms with Crippen molar-refractivity contribution in [2.24, 2.45) is 0 Å². The number of nitrogens with zero attached hydrogens (tertiary/aromatic N) is 2. The molecule has 27 heavy (non-hydrogen) atoms. The molecule has 2 aromatic carbocycles. The lowest BCUT2D eigenvalue weighted by Crippen LogP contribution is -2.51. The molecular formula is C22H24N4O. The number of pyridine rings is 1. The smallest absolute Gasteiger partial charge is 0.267 e. The predicted molar refractivity (Wildman–Crippen MR) is 108 cm³/mol. The van der Waals surface area contributed by atoms with E-state index in [4.69, 9.17) is 4.98 Å². The van der Waals surface area contributed by atoms with Gasteiger partial charge in [-0.15, -0.1) is 0 Å². The van der Waals surface area contributed by atoms with Crippen LogP contribution in [0.4, 0.5) is 0 Å². The summed E-state index contributed by atoms with van der Waals surface area (Å²) in [6, 6.07) is 17.8. The summed E-state index contributed by atoms with van der Waals surface area (Å²) >= 11 is 0. The fraction of sp³-hybridized carbons (Fsp3) is 0.273. The first-order valence-corrected chi connectivity index (χ1v) is 9.48. The summed E-state index contributed by atoms with van der Waals surface area (Å²) in [5.74, 6) is -0.146. The van der Waals surface area contributed by atoms with Crippen LogP contribution < -0.4 is 11.0 Å². The van der Waals surface area contributed by atoms with Gasteiger partial charge in [0.15, 0.2) is 0 Å². The summed E-state index contributed by atoms with van der Waals surface area (Å²) < 4.78 is 0. The third-order valence-electron chi connectivity index (χ3n) is 4.99. The molecule has 1 saturated heterocycles. The van der Waals surface area contributed by atoms with E-state index >= 15 is 0 Å². The number of hydrogen-bond donors (Lipinski definition) is 2. The van der Waals surface area contributed by atoms with Crippen LogP contribution in [0.25, 0.3) is 22.2 Å². The first kappa shape index (κ1) is 17.6. The van der Waals surface area contributed by atoms with Gasteiger partial charge in [0.1, 0.15) is 0 Å². The Labute approximate surface area is 159 Å². The summed E-state index contributed by atoms with van der Waals surface area (Å²) in [5.41, 5.74) is 10.4. The van der Waals surface area contributed by atoms with Crippen LogP contribution >= 0.6 is 0 Å². The number of aromatic nitrogens is 1. The highest BCUT2D eigenvalue weighted by atomic mass is 16.2. The van der Waals surface area contributed by atoms with E-state index in [-0.39, 0.29) is 5.91 Å². The second kappa shape index (κ2) is 7.86. The minimum Gasteiger partial charge on any atom is -0.274 e. The molecule has 1 amide bonds. The zero-order chi connectivity index (χ0) is 18.6. The van der Waals surface area contributed by atoms with Gasteiger partial charge in [-0.25, -0.2) is 9.99 Å².